The molecule has 272 valence electrons. The lowest BCUT2D eigenvalue weighted by Crippen LogP contribution is -2.47. The Hall–Kier alpha value is -4.62. The first-order chi connectivity index (χ1) is 24.2. The molecule has 0 radical (unpaired) electrons. The quantitative estimate of drug-likeness (QED) is 0.172. The van der Waals surface area contributed by atoms with E-state index in [4.69, 9.17) is 28.4 Å². The molecule has 14 heteroatoms. The molecule has 14 nitrogen and oxygen atoms in total. The summed E-state index contributed by atoms with van der Waals surface area (Å²) in [4.78, 5) is 84.0. The minimum Gasteiger partial charge on any atom is -0.465 e. The average Bonchev–Trinajstić information content (AvgIpc) is 3.10. The third-order valence-electron chi connectivity index (χ3n) is 9.36. The molecule has 2 atom stereocenters. The van der Waals surface area contributed by atoms with Crippen LogP contribution in [0.4, 0.5) is 0 Å². The Kier molecular flexibility index (Phi) is 12.0. The van der Waals surface area contributed by atoms with E-state index in [9.17, 15) is 28.8 Å². The molecule has 2 fully saturated rings. The van der Waals surface area contributed by atoms with Crippen LogP contribution in [0.5, 0.6) is 0 Å². The van der Waals surface area contributed by atoms with Crippen molar-refractivity contribution in [2.24, 2.45) is 11.8 Å². The van der Waals surface area contributed by atoms with Gasteiger partial charge in [0.05, 0.1) is 37.6 Å². The first-order valence-electron chi connectivity index (χ1n) is 17.8. The largest absolute Gasteiger partial charge is 0.465 e. The number of ketones is 2. The second-order valence-corrected chi connectivity index (χ2v) is 12.6. The van der Waals surface area contributed by atoms with Gasteiger partial charge < -0.3 is 39.1 Å². The van der Waals surface area contributed by atoms with Crippen LogP contribution >= 0.6 is 0 Å². The van der Waals surface area contributed by atoms with E-state index in [-0.39, 0.29) is 61.4 Å². The van der Waals surface area contributed by atoms with Crippen molar-refractivity contribution in [1.29, 1.82) is 0 Å². The highest BCUT2D eigenvalue weighted by atomic mass is 16.6. The first kappa shape index (κ1) is 36.7. The number of nitrogens with one attached hydrogen (secondary N) is 2. The maximum Gasteiger partial charge on any atom is 0.340 e. The summed E-state index contributed by atoms with van der Waals surface area (Å²) in [6.45, 7) is 6.01. The Balaban J connectivity index is 1.67. The van der Waals surface area contributed by atoms with E-state index in [1.54, 1.807) is 27.7 Å². The molecule has 2 N–H and O–H groups in total. The van der Waals surface area contributed by atoms with Crippen LogP contribution in [0.1, 0.15) is 91.9 Å². The van der Waals surface area contributed by atoms with Gasteiger partial charge in [-0.3, -0.25) is 19.2 Å². The number of carbonyl (C=O) groups is 6. The van der Waals surface area contributed by atoms with Gasteiger partial charge in [-0.05, 0) is 53.4 Å². The molecule has 0 bridgehead atoms. The third-order valence-corrected chi connectivity index (χ3v) is 9.36. The van der Waals surface area contributed by atoms with Crippen molar-refractivity contribution in [3.05, 3.63) is 45.6 Å². The summed E-state index contributed by atoms with van der Waals surface area (Å²) in [5.74, 6) is -10.9. The number of ether oxygens (including phenoxy) is 6. The van der Waals surface area contributed by atoms with Crippen LogP contribution in [0.2, 0.25) is 0 Å². The lowest BCUT2D eigenvalue weighted by Gasteiger charge is -2.38. The van der Waals surface area contributed by atoms with Gasteiger partial charge in [0.1, 0.15) is 23.0 Å². The van der Waals surface area contributed by atoms with Gasteiger partial charge in [-0.25, -0.2) is 9.59 Å². The first-order valence-corrected chi connectivity index (χ1v) is 17.8. The summed E-state index contributed by atoms with van der Waals surface area (Å²) in [6, 6.07) is -0.344. The molecule has 5 aliphatic rings. The number of hydrogen-bond acceptors (Lipinski definition) is 14. The molecule has 0 aromatic heterocycles. The molecule has 0 aromatic rings. The number of allylic oxidation sites excluding steroid dienone is 2. The normalized spacial score (nSPS) is 23.0. The lowest BCUT2D eigenvalue weighted by molar-refractivity contribution is -0.151. The van der Waals surface area contributed by atoms with Crippen LogP contribution in [-0.4, -0.2) is 74.0 Å². The molecule has 5 rings (SSSR count). The van der Waals surface area contributed by atoms with Gasteiger partial charge in [-0.2, -0.15) is 0 Å². The van der Waals surface area contributed by atoms with Gasteiger partial charge in [0.25, 0.3) is 0 Å². The van der Waals surface area contributed by atoms with E-state index in [0.29, 0.717) is 0 Å². The number of hydrogen-bond donors (Lipinski definition) is 2. The molecule has 2 unspecified atom stereocenters. The number of carbonyl (C=O) groups excluding carboxylic acids is 6. The fourth-order valence-electron chi connectivity index (χ4n) is 7.13. The second kappa shape index (κ2) is 16.4. The molecular weight excluding hydrogens is 652 g/mol. The molecular formula is C36H46N2O12. The zero-order valence-corrected chi connectivity index (χ0v) is 29.1. The Labute approximate surface area is 290 Å². The number of Topliss-reactive ketones (excluding diaryl/α,β-unsaturated/α-hetero) is 2. The molecule has 3 aliphatic carbocycles. The van der Waals surface area contributed by atoms with Crippen molar-refractivity contribution in [1.82, 2.24) is 10.6 Å². The zero-order chi connectivity index (χ0) is 35.9. The van der Waals surface area contributed by atoms with E-state index in [0.717, 1.165) is 64.2 Å². The lowest BCUT2D eigenvalue weighted by atomic mass is 9.75. The standard InChI is InChI=1S/C36H46N2O12/c1-5-45-33(41)21-23-27(39)30-24(28(40)29(23)49-31(25(21)35(43)47-7-3)37-19-15-11-9-12-16-19)22(34(42)46-6-2)26(36(44)48-8-4)32(50-30)38-20-17-13-10-14-18-20/h19-22,37-38H,5-18H2,1-4H3. The molecule has 2 aliphatic heterocycles. The Morgan fingerprint density at radius 3 is 1.22 bits per heavy atom. The van der Waals surface area contributed by atoms with Crippen LogP contribution in [0, 0.1) is 11.8 Å². The highest BCUT2D eigenvalue weighted by molar-refractivity contribution is 6.28. The minimum absolute atomic E-state index is 0.0510. The van der Waals surface area contributed by atoms with Crippen molar-refractivity contribution < 1.29 is 57.2 Å². The van der Waals surface area contributed by atoms with Gasteiger partial charge in [0.15, 0.2) is 11.5 Å². The third kappa shape index (κ3) is 7.29. The van der Waals surface area contributed by atoms with Crippen LogP contribution in [0.15, 0.2) is 45.6 Å². The summed E-state index contributed by atoms with van der Waals surface area (Å²) in [6.07, 6.45) is 8.57. The van der Waals surface area contributed by atoms with Crippen LogP contribution in [0.25, 0.3) is 0 Å². The molecule has 50 heavy (non-hydrogen) atoms. The Bertz CT molecular complexity index is 1430. The van der Waals surface area contributed by atoms with E-state index in [2.05, 4.69) is 10.6 Å². The van der Waals surface area contributed by atoms with Crippen molar-refractivity contribution in [2.75, 3.05) is 26.4 Å². The molecule has 2 heterocycles. The van der Waals surface area contributed by atoms with E-state index in [1.807, 2.05) is 0 Å². The van der Waals surface area contributed by atoms with Gasteiger partial charge in [0.2, 0.25) is 23.3 Å². The van der Waals surface area contributed by atoms with E-state index in [1.165, 1.54) is 0 Å². The van der Waals surface area contributed by atoms with Crippen molar-refractivity contribution >= 4 is 35.4 Å². The predicted molar refractivity (Wildman–Crippen MR) is 174 cm³/mol. The van der Waals surface area contributed by atoms with Crippen molar-refractivity contribution in [3.63, 3.8) is 0 Å². The second-order valence-electron chi connectivity index (χ2n) is 12.6. The molecule has 2 saturated carbocycles. The summed E-state index contributed by atoms with van der Waals surface area (Å²) in [7, 11) is 0. The van der Waals surface area contributed by atoms with Gasteiger partial charge in [0, 0.05) is 12.1 Å². The summed E-state index contributed by atoms with van der Waals surface area (Å²) in [5, 5.41) is 6.37. The van der Waals surface area contributed by atoms with E-state index < -0.39 is 69.9 Å². The van der Waals surface area contributed by atoms with Gasteiger partial charge >= 0.3 is 23.9 Å². The fraction of sp³-hybridized carbons (Fsp3) is 0.611. The zero-order valence-electron chi connectivity index (χ0n) is 29.1. The van der Waals surface area contributed by atoms with Gasteiger partial charge in [-0.15, -0.1) is 0 Å². The summed E-state index contributed by atoms with van der Waals surface area (Å²) >= 11 is 0. The highest BCUT2D eigenvalue weighted by Crippen LogP contribution is 2.46. The topological polar surface area (TPSA) is 182 Å². The SMILES string of the molecule is CCOC(=O)C1=C(NC2CCCCC2)OC2=C(C(=O)C3=C(C2=O)C(C(=O)OCC)C(C(=O)OCC)=C(NC2CCCCC2)O3)C1C(=O)OCC. The molecule has 0 spiro atoms. The number of rotatable bonds is 12. The smallest absolute Gasteiger partial charge is 0.340 e. The maximum absolute atomic E-state index is 14.7. The highest BCUT2D eigenvalue weighted by Gasteiger charge is 2.56. The molecule has 0 saturated heterocycles. The average molecular weight is 699 g/mol. The van der Waals surface area contributed by atoms with Crippen LogP contribution in [0.3, 0.4) is 0 Å². The van der Waals surface area contributed by atoms with Crippen LogP contribution < -0.4 is 10.6 Å². The molecule has 0 aromatic carbocycles. The Morgan fingerprint density at radius 2 is 0.900 bits per heavy atom. The predicted octanol–water partition coefficient (Wildman–Crippen LogP) is 3.46. The van der Waals surface area contributed by atoms with Gasteiger partial charge in [-0.1, -0.05) is 38.5 Å². The number of esters is 4. The maximum atomic E-state index is 14.7. The minimum atomic E-state index is -1.73. The Morgan fingerprint density at radius 1 is 0.560 bits per heavy atom. The van der Waals surface area contributed by atoms with E-state index >= 15 is 0 Å². The molecule has 0 amide bonds. The summed E-state index contributed by atoms with van der Waals surface area (Å²) in [5.41, 5.74) is -1.63. The monoisotopic (exact) mass is 698 g/mol. The summed E-state index contributed by atoms with van der Waals surface area (Å²) < 4.78 is 33.6. The van der Waals surface area contributed by atoms with Crippen LogP contribution in [-0.2, 0) is 57.2 Å². The van der Waals surface area contributed by atoms with Crippen molar-refractivity contribution in [2.45, 2.75) is 104 Å². The van der Waals surface area contributed by atoms with Crippen molar-refractivity contribution in [3.8, 4) is 0 Å². The fourth-order valence-corrected chi connectivity index (χ4v) is 7.13.